The molecular weight excluding hydrogens is 280 g/mol. The molecule has 0 aliphatic carbocycles. The predicted molar refractivity (Wildman–Crippen MR) is 82.0 cm³/mol. The van der Waals surface area contributed by atoms with Gasteiger partial charge in [-0.25, -0.2) is 4.79 Å². The Balaban J connectivity index is 1.63. The monoisotopic (exact) mass is 298 g/mol. The molecule has 2 heterocycles. The number of aryl methyl sites for hydroxylation is 1. The maximum atomic E-state index is 11.7. The van der Waals surface area contributed by atoms with E-state index in [9.17, 15) is 9.59 Å². The number of pyridine rings is 2. The van der Waals surface area contributed by atoms with Crippen LogP contribution in [0.25, 0.3) is 0 Å². The normalized spacial score (nSPS) is 10.0. The fraction of sp³-hybridized carbons (Fsp3) is 0.250. The van der Waals surface area contributed by atoms with E-state index in [1.165, 1.54) is 0 Å². The molecular formula is C16H18N4O2. The van der Waals surface area contributed by atoms with E-state index < -0.39 is 6.03 Å². The summed E-state index contributed by atoms with van der Waals surface area (Å²) in [5.41, 5.74) is 2.10. The molecule has 2 aromatic rings. The first-order valence-corrected chi connectivity index (χ1v) is 7.09. The van der Waals surface area contributed by atoms with E-state index in [-0.39, 0.29) is 12.3 Å². The van der Waals surface area contributed by atoms with E-state index in [1.54, 1.807) is 24.8 Å². The molecule has 0 bridgehead atoms. The molecule has 0 aliphatic heterocycles. The largest absolute Gasteiger partial charge is 0.337 e. The molecule has 6 nitrogen and oxygen atoms in total. The van der Waals surface area contributed by atoms with Crippen LogP contribution in [0.5, 0.6) is 0 Å². The fourth-order valence-electron chi connectivity index (χ4n) is 1.91. The lowest BCUT2D eigenvalue weighted by Crippen LogP contribution is -2.40. The van der Waals surface area contributed by atoms with E-state index in [2.05, 4.69) is 20.6 Å². The summed E-state index contributed by atoms with van der Waals surface area (Å²) in [5.74, 6) is -0.293. The Hall–Kier alpha value is -2.76. The Morgan fingerprint density at radius 3 is 2.00 bits per heavy atom. The van der Waals surface area contributed by atoms with Gasteiger partial charge in [-0.1, -0.05) is 0 Å². The molecule has 0 aliphatic rings. The molecule has 0 aromatic carbocycles. The van der Waals surface area contributed by atoms with Crippen molar-refractivity contribution < 1.29 is 9.59 Å². The van der Waals surface area contributed by atoms with Gasteiger partial charge in [0.25, 0.3) is 0 Å². The first-order valence-electron chi connectivity index (χ1n) is 7.09. The molecule has 22 heavy (non-hydrogen) atoms. The third-order valence-corrected chi connectivity index (χ3v) is 3.09. The van der Waals surface area contributed by atoms with Gasteiger partial charge in [0.2, 0.25) is 5.91 Å². The number of rotatable bonds is 6. The highest BCUT2D eigenvalue weighted by molar-refractivity contribution is 5.94. The summed E-state index contributed by atoms with van der Waals surface area (Å²) in [5, 5.41) is 4.98. The maximum Gasteiger partial charge on any atom is 0.321 e. The quantitative estimate of drug-likeness (QED) is 0.846. The molecule has 3 amide bonds. The van der Waals surface area contributed by atoms with Crippen molar-refractivity contribution >= 4 is 11.9 Å². The summed E-state index contributed by atoms with van der Waals surface area (Å²) < 4.78 is 0. The molecule has 2 N–H and O–H groups in total. The summed E-state index contributed by atoms with van der Waals surface area (Å²) in [4.78, 5) is 31.1. The van der Waals surface area contributed by atoms with Crippen molar-refractivity contribution in [2.75, 3.05) is 6.54 Å². The van der Waals surface area contributed by atoms with Gasteiger partial charge >= 0.3 is 6.03 Å². The highest BCUT2D eigenvalue weighted by Gasteiger charge is 2.07. The summed E-state index contributed by atoms with van der Waals surface area (Å²) in [6.07, 6.45) is 8.32. The molecule has 0 spiro atoms. The number of hydrogen-bond acceptors (Lipinski definition) is 4. The molecule has 0 fully saturated rings. The van der Waals surface area contributed by atoms with Crippen LogP contribution in [0.2, 0.25) is 0 Å². The lowest BCUT2D eigenvalue weighted by Gasteiger charge is -2.07. The van der Waals surface area contributed by atoms with Crippen LogP contribution in [0.15, 0.2) is 49.1 Å². The Labute approximate surface area is 129 Å². The SMILES string of the molecule is O=C(CCc1ccncc1)NC(=O)NCCc1ccncc1. The number of aromatic nitrogens is 2. The van der Waals surface area contributed by atoms with Crippen molar-refractivity contribution in [3.8, 4) is 0 Å². The molecule has 0 unspecified atom stereocenters. The third kappa shape index (κ3) is 5.70. The van der Waals surface area contributed by atoms with Gasteiger partial charge < -0.3 is 5.32 Å². The topological polar surface area (TPSA) is 84.0 Å². The van der Waals surface area contributed by atoms with Crippen LogP contribution in [-0.2, 0) is 17.6 Å². The standard InChI is InChI=1S/C16H18N4O2/c21-15(2-1-13-3-8-17-9-4-13)20-16(22)19-12-7-14-5-10-18-11-6-14/h3-6,8-11H,1-2,7,12H2,(H2,19,20,21,22). The van der Waals surface area contributed by atoms with Gasteiger partial charge in [-0.05, 0) is 48.2 Å². The molecule has 2 rings (SSSR count). The van der Waals surface area contributed by atoms with Crippen LogP contribution in [-0.4, -0.2) is 28.5 Å². The third-order valence-electron chi connectivity index (χ3n) is 3.09. The number of nitrogens with zero attached hydrogens (tertiary/aromatic N) is 2. The first-order chi connectivity index (χ1) is 10.7. The second kappa shape index (κ2) is 8.51. The molecule has 0 saturated heterocycles. The fourth-order valence-corrected chi connectivity index (χ4v) is 1.91. The minimum atomic E-state index is -0.464. The number of urea groups is 1. The summed E-state index contributed by atoms with van der Waals surface area (Å²) >= 11 is 0. The van der Waals surface area contributed by atoms with Gasteiger partial charge in [0.1, 0.15) is 0 Å². The van der Waals surface area contributed by atoms with Crippen molar-refractivity contribution in [2.45, 2.75) is 19.3 Å². The highest BCUT2D eigenvalue weighted by atomic mass is 16.2. The average Bonchev–Trinajstić information content (AvgIpc) is 2.55. The second-order valence-corrected chi connectivity index (χ2v) is 4.77. The number of hydrogen-bond donors (Lipinski definition) is 2. The summed E-state index contributed by atoms with van der Waals surface area (Å²) in [6, 6.07) is 7.01. The van der Waals surface area contributed by atoms with Crippen LogP contribution < -0.4 is 10.6 Å². The van der Waals surface area contributed by atoms with Gasteiger partial charge in [0.15, 0.2) is 0 Å². The number of carbonyl (C=O) groups is 2. The zero-order valence-electron chi connectivity index (χ0n) is 12.2. The molecule has 0 saturated carbocycles. The zero-order chi connectivity index (χ0) is 15.6. The summed E-state index contributed by atoms with van der Waals surface area (Å²) in [7, 11) is 0. The van der Waals surface area contributed by atoms with Crippen molar-refractivity contribution in [2.24, 2.45) is 0 Å². The molecule has 0 atom stereocenters. The van der Waals surface area contributed by atoms with Crippen LogP contribution in [0.1, 0.15) is 17.5 Å². The number of nitrogens with one attached hydrogen (secondary N) is 2. The zero-order valence-corrected chi connectivity index (χ0v) is 12.2. The minimum Gasteiger partial charge on any atom is -0.337 e. The lowest BCUT2D eigenvalue weighted by atomic mass is 10.1. The van der Waals surface area contributed by atoms with Crippen molar-refractivity contribution in [1.82, 2.24) is 20.6 Å². The number of carbonyl (C=O) groups excluding carboxylic acids is 2. The van der Waals surface area contributed by atoms with Gasteiger partial charge in [0, 0.05) is 37.8 Å². The average molecular weight is 298 g/mol. The second-order valence-electron chi connectivity index (χ2n) is 4.77. The highest BCUT2D eigenvalue weighted by Crippen LogP contribution is 2.00. The Bertz CT molecular complexity index is 602. The van der Waals surface area contributed by atoms with Crippen molar-refractivity contribution in [1.29, 1.82) is 0 Å². The van der Waals surface area contributed by atoms with Crippen LogP contribution in [0.3, 0.4) is 0 Å². The number of amides is 3. The van der Waals surface area contributed by atoms with Crippen LogP contribution in [0.4, 0.5) is 4.79 Å². The molecule has 0 radical (unpaired) electrons. The molecule has 114 valence electrons. The maximum absolute atomic E-state index is 11.7. The Kier molecular flexibility index (Phi) is 6.04. The van der Waals surface area contributed by atoms with Crippen molar-refractivity contribution in [3.63, 3.8) is 0 Å². The van der Waals surface area contributed by atoms with E-state index >= 15 is 0 Å². The van der Waals surface area contributed by atoms with E-state index in [1.807, 2.05) is 24.3 Å². The van der Waals surface area contributed by atoms with Crippen LogP contribution >= 0.6 is 0 Å². The first kappa shape index (κ1) is 15.6. The smallest absolute Gasteiger partial charge is 0.321 e. The minimum absolute atomic E-state index is 0.266. The van der Waals surface area contributed by atoms with Gasteiger partial charge in [-0.3, -0.25) is 20.1 Å². The van der Waals surface area contributed by atoms with E-state index in [0.717, 1.165) is 11.1 Å². The summed E-state index contributed by atoms with van der Waals surface area (Å²) in [6.45, 7) is 0.466. The number of imide groups is 1. The predicted octanol–water partition coefficient (Wildman–Crippen LogP) is 1.48. The molecule has 2 aromatic heterocycles. The Morgan fingerprint density at radius 2 is 1.41 bits per heavy atom. The van der Waals surface area contributed by atoms with E-state index in [4.69, 9.17) is 0 Å². The molecule has 6 heteroatoms. The van der Waals surface area contributed by atoms with Gasteiger partial charge in [-0.15, -0.1) is 0 Å². The van der Waals surface area contributed by atoms with Crippen LogP contribution in [0, 0.1) is 0 Å². The van der Waals surface area contributed by atoms with E-state index in [0.29, 0.717) is 19.4 Å². The van der Waals surface area contributed by atoms with Gasteiger partial charge in [-0.2, -0.15) is 0 Å². The van der Waals surface area contributed by atoms with Crippen molar-refractivity contribution in [3.05, 3.63) is 60.2 Å². The van der Waals surface area contributed by atoms with Gasteiger partial charge in [0.05, 0.1) is 0 Å². The Morgan fingerprint density at radius 1 is 0.864 bits per heavy atom. The lowest BCUT2D eigenvalue weighted by molar-refractivity contribution is -0.119.